The molecule has 2 aromatic carbocycles. The number of esters is 1. The molecular weight excluding hydrogens is 372 g/mol. The van der Waals surface area contributed by atoms with E-state index in [1.807, 2.05) is 66.7 Å². The Balaban J connectivity index is 1.90. The van der Waals surface area contributed by atoms with Gasteiger partial charge in [0.2, 0.25) is 0 Å². The third-order valence-corrected chi connectivity index (χ3v) is 4.97. The Hall–Kier alpha value is -3.25. The molecule has 0 aliphatic carbocycles. The summed E-state index contributed by atoms with van der Waals surface area (Å²) in [6, 6.07) is 19.1. The highest BCUT2D eigenvalue weighted by atomic mass is 32.1. The first-order valence-corrected chi connectivity index (χ1v) is 9.68. The summed E-state index contributed by atoms with van der Waals surface area (Å²) in [5.74, 6) is -0.722. The zero-order chi connectivity index (χ0) is 19.9. The van der Waals surface area contributed by atoms with Crippen molar-refractivity contribution in [1.82, 2.24) is 4.98 Å². The fourth-order valence-corrected chi connectivity index (χ4v) is 3.47. The van der Waals surface area contributed by atoms with Crippen molar-refractivity contribution in [3.05, 3.63) is 82.4 Å². The van der Waals surface area contributed by atoms with E-state index in [9.17, 15) is 9.59 Å². The first kappa shape index (κ1) is 19.5. The molecule has 1 heterocycles. The molecule has 5 nitrogen and oxygen atoms in total. The van der Waals surface area contributed by atoms with Crippen LogP contribution in [0.4, 0.5) is 5.13 Å². The summed E-state index contributed by atoms with van der Waals surface area (Å²) in [5.41, 5.74) is 2.76. The van der Waals surface area contributed by atoms with E-state index in [1.165, 1.54) is 0 Å². The van der Waals surface area contributed by atoms with Gasteiger partial charge < -0.3 is 4.74 Å². The Kier molecular flexibility index (Phi) is 6.34. The van der Waals surface area contributed by atoms with E-state index >= 15 is 0 Å². The maximum atomic E-state index is 13.0. The van der Waals surface area contributed by atoms with Crippen molar-refractivity contribution in [3.8, 4) is 0 Å². The smallest absolute Gasteiger partial charge is 0.350 e. The highest BCUT2D eigenvalue weighted by molar-refractivity contribution is 7.17. The van der Waals surface area contributed by atoms with E-state index in [4.69, 9.17) is 4.74 Å². The van der Waals surface area contributed by atoms with Gasteiger partial charge in [0.05, 0.1) is 12.3 Å². The summed E-state index contributed by atoms with van der Waals surface area (Å²) in [7, 11) is 0. The number of ether oxygens (including phenoxy) is 1. The number of rotatable bonds is 6. The Bertz CT molecular complexity index is 995. The van der Waals surface area contributed by atoms with Crippen LogP contribution in [0, 0.1) is 6.92 Å². The molecule has 0 aliphatic heterocycles. The van der Waals surface area contributed by atoms with Crippen molar-refractivity contribution in [3.63, 3.8) is 0 Å². The fourth-order valence-electron chi connectivity index (χ4n) is 2.61. The van der Waals surface area contributed by atoms with Gasteiger partial charge in [-0.3, -0.25) is 10.1 Å². The molecule has 3 rings (SSSR count). The van der Waals surface area contributed by atoms with Gasteiger partial charge in [0.1, 0.15) is 4.88 Å². The molecule has 0 radical (unpaired) electrons. The minimum absolute atomic E-state index is 0.288. The predicted octanol–water partition coefficient (Wildman–Crippen LogP) is 4.81. The Morgan fingerprint density at radius 3 is 2.36 bits per heavy atom. The molecule has 1 aromatic heterocycles. The molecule has 3 aromatic rings. The number of anilines is 1. The molecule has 28 heavy (non-hydrogen) atoms. The standard InChI is InChI=1S/C22H20N2O3S/c1-3-27-21(26)19-15(2)23-22(28-19)24-20(25)18(17-12-8-5-9-13-17)14-16-10-6-4-7-11-16/h4-14H,3H2,1-2H3,(H,23,24,25). The number of hydrogen-bond donors (Lipinski definition) is 1. The average Bonchev–Trinajstić information content (AvgIpc) is 3.08. The number of nitrogens with one attached hydrogen (secondary N) is 1. The van der Waals surface area contributed by atoms with Crippen molar-refractivity contribution in [2.75, 3.05) is 11.9 Å². The molecule has 0 saturated heterocycles. The number of carbonyl (C=O) groups excluding carboxylic acids is 2. The molecule has 0 fully saturated rings. The van der Waals surface area contributed by atoms with E-state index in [-0.39, 0.29) is 12.5 Å². The fraction of sp³-hybridized carbons (Fsp3) is 0.136. The summed E-state index contributed by atoms with van der Waals surface area (Å²) in [4.78, 5) is 29.7. The van der Waals surface area contributed by atoms with Crippen LogP contribution < -0.4 is 5.32 Å². The van der Waals surface area contributed by atoms with Crippen LogP contribution in [-0.2, 0) is 9.53 Å². The second kappa shape index (κ2) is 9.10. The molecule has 0 spiro atoms. The average molecular weight is 392 g/mol. The van der Waals surface area contributed by atoms with Crippen LogP contribution in [0.2, 0.25) is 0 Å². The van der Waals surface area contributed by atoms with Crippen molar-refractivity contribution in [2.45, 2.75) is 13.8 Å². The van der Waals surface area contributed by atoms with Crippen LogP contribution in [0.3, 0.4) is 0 Å². The topological polar surface area (TPSA) is 68.3 Å². The molecular formula is C22H20N2O3S. The van der Waals surface area contributed by atoms with E-state index in [0.29, 0.717) is 21.3 Å². The van der Waals surface area contributed by atoms with E-state index in [1.54, 1.807) is 13.8 Å². The lowest BCUT2D eigenvalue weighted by Gasteiger charge is -2.08. The predicted molar refractivity (Wildman–Crippen MR) is 112 cm³/mol. The van der Waals surface area contributed by atoms with Crippen LogP contribution in [0.15, 0.2) is 60.7 Å². The quantitative estimate of drug-likeness (QED) is 0.371. The molecule has 0 unspecified atom stereocenters. The highest BCUT2D eigenvalue weighted by Crippen LogP contribution is 2.26. The number of hydrogen-bond acceptors (Lipinski definition) is 5. The van der Waals surface area contributed by atoms with Crippen LogP contribution in [0.25, 0.3) is 11.6 Å². The molecule has 0 saturated carbocycles. The second-order valence-electron chi connectivity index (χ2n) is 5.94. The maximum absolute atomic E-state index is 13.0. The maximum Gasteiger partial charge on any atom is 0.350 e. The van der Waals surface area contributed by atoms with Gasteiger partial charge in [0.15, 0.2) is 5.13 Å². The normalized spacial score (nSPS) is 11.1. The number of carbonyl (C=O) groups is 2. The largest absolute Gasteiger partial charge is 0.462 e. The number of benzene rings is 2. The monoisotopic (exact) mass is 392 g/mol. The Labute approximate surface area is 167 Å². The van der Waals surface area contributed by atoms with Crippen LogP contribution in [-0.4, -0.2) is 23.5 Å². The first-order valence-electron chi connectivity index (χ1n) is 8.86. The van der Waals surface area contributed by atoms with Gasteiger partial charge in [-0.2, -0.15) is 0 Å². The molecule has 0 bridgehead atoms. The van der Waals surface area contributed by atoms with Crippen LogP contribution in [0.1, 0.15) is 33.4 Å². The van der Waals surface area contributed by atoms with E-state index in [2.05, 4.69) is 10.3 Å². The Morgan fingerprint density at radius 2 is 1.71 bits per heavy atom. The molecule has 1 N–H and O–H groups in total. The number of thiazole rings is 1. The van der Waals surface area contributed by atoms with Gasteiger partial charge in [-0.15, -0.1) is 0 Å². The van der Waals surface area contributed by atoms with E-state index in [0.717, 1.165) is 22.5 Å². The number of aryl methyl sites for hydroxylation is 1. The molecule has 142 valence electrons. The minimum Gasteiger partial charge on any atom is -0.462 e. The van der Waals surface area contributed by atoms with Crippen molar-refractivity contribution >= 4 is 40.0 Å². The minimum atomic E-state index is -0.430. The number of nitrogens with zero attached hydrogens (tertiary/aromatic N) is 1. The van der Waals surface area contributed by atoms with Gasteiger partial charge in [0, 0.05) is 5.57 Å². The zero-order valence-corrected chi connectivity index (χ0v) is 16.5. The Morgan fingerprint density at radius 1 is 1.07 bits per heavy atom. The summed E-state index contributed by atoms with van der Waals surface area (Å²) < 4.78 is 5.03. The third-order valence-electron chi connectivity index (χ3n) is 3.92. The molecule has 6 heteroatoms. The molecule has 0 aliphatic rings. The van der Waals surface area contributed by atoms with Crippen LogP contribution >= 0.6 is 11.3 Å². The lowest BCUT2D eigenvalue weighted by Crippen LogP contribution is -2.13. The SMILES string of the molecule is CCOC(=O)c1sc(NC(=O)C(=Cc2ccccc2)c2ccccc2)nc1C. The van der Waals surface area contributed by atoms with Gasteiger partial charge in [-0.1, -0.05) is 72.0 Å². The van der Waals surface area contributed by atoms with Crippen molar-refractivity contribution in [1.29, 1.82) is 0 Å². The number of amides is 1. The number of aromatic nitrogens is 1. The molecule has 0 atom stereocenters. The van der Waals surface area contributed by atoms with Gasteiger partial charge in [-0.05, 0) is 31.1 Å². The van der Waals surface area contributed by atoms with E-state index < -0.39 is 5.97 Å². The summed E-state index contributed by atoms with van der Waals surface area (Å²) >= 11 is 1.11. The van der Waals surface area contributed by atoms with Gasteiger partial charge in [-0.25, -0.2) is 9.78 Å². The molecule has 1 amide bonds. The summed E-state index contributed by atoms with van der Waals surface area (Å²) in [6.45, 7) is 3.75. The summed E-state index contributed by atoms with van der Waals surface area (Å²) in [6.07, 6.45) is 1.83. The summed E-state index contributed by atoms with van der Waals surface area (Å²) in [5, 5.41) is 3.17. The van der Waals surface area contributed by atoms with Gasteiger partial charge in [0.25, 0.3) is 5.91 Å². The lowest BCUT2D eigenvalue weighted by molar-refractivity contribution is -0.111. The lowest BCUT2D eigenvalue weighted by atomic mass is 10.0. The first-order chi connectivity index (χ1) is 13.6. The highest BCUT2D eigenvalue weighted by Gasteiger charge is 2.19. The van der Waals surface area contributed by atoms with Crippen molar-refractivity contribution < 1.29 is 14.3 Å². The zero-order valence-electron chi connectivity index (χ0n) is 15.6. The van der Waals surface area contributed by atoms with Crippen LogP contribution in [0.5, 0.6) is 0 Å². The van der Waals surface area contributed by atoms with Gasteiger partial charge >= 0.3 is 5.97 Å². The van der Waals surface area contributed by atoms with Crippen molar-refractivity contribution in [2.24, 2.45) is 0 Å². The third kappa shape index (κ3) is 4.72. The second-order valence-corrected chi connectivity index (χ2v) is 6.94.